The topological polar surface area (TPSA) is 104 Å². The van der Waals surface area contributed by atoms with Gasteiger partial charge in [-0.05, 0) is 61.7 Å². The van der Waals surface area contributed by atoms with Gasteiger partial charge in [-0.2, -0.15) is 10.2 Å². The summed E-state index contributed by atoms with van der Waals surface area (Å²) < 4.78 is 8.37. The Balaban J connectivity index is 1.35. The van der Waals surface area contributed by atoms with Gasteiger partial charge in [0.15, 0.2) is 11.3 Å². The maximum absolute atomic E-state index is 13.2. The molecule has 0 aliphatic carbocycles. The van der Waals surface area contributed by atoms with E-state index in [9.17, 15) is 9.59 Å². The summed E-state index contributed by atoms with van der Waals surface area (Å²) in [7, 11) is 0. The van der Waals surface area contributed by atoms with Crippen LogP contribution in [0, 0.1) is 6.92 Å². The minimum Gasteiger partial charge on any atom is -0.461 e. The molecule has 4 aromatic heterocycles. The number of carbonyl (C=O) groups is 2. The highest BCUT2D eigenvalue weighted by Crippen LogP contribution is 2.22. The van der Waals surface area contributed by atoms with E-state index in [1.807, 2.05) is 41.3 Å². The van der Waals surface area contributed by atoms with Crippen LogP contribution >= 0.6 is 11.3 Å². The number of benzene rings is 1. The number of ether oxygens (including phenoxy) is 1. The molecule has 0 spiro atoms. The number of amides is 1. The lowest BCUT2D eigenvalue weighted by molar-refractivity contribution is 0.0519. The molecule has 0 unspecified atom stereocenters. The average molecular weight is 487 g/mol. The van der Waals surface area contributed by atoms with Crippen molar-refractivity contribution in [1.29, 1.82) is 0 Å². The van der Waals surface area contributed by atoms with Crippen molar-refractivity contribution in [3.8, 4) is 5.69 Å². The van der Waals surface area contributed by atoms with E-state index in [1.165, 1.54) is 0 Å². The molecule has 0 saturated carbocycles. The molecule has 35 heavy (non-hydrogen) atoms. The molecule has 0 bridgehead atoms. The normalized spacial score (nSPS) is 11.0. The van der Waals surface area contributed by atoms with Crippen LogP contribution in [0.25, 0.3) is 16.7 Å². The number of carbonyl (C=O) groups excluding carboxylic acids is 2. The molecule has 0 aliphatic heterocycles. The predicted octanol–water partition coefficient (Wildman–Crippen LogP) is 4.46. The van der Waals surface area contributed by atoms with Gasteiger partial charge in [-0.25, -0.2) is 19.1 Å². The summed E-state index contributed by atoms with van der Waals surface area (Å²) in [5.74, 6) is -0.708. The number of nitrogens with zero attached hydrogens (tertiary/aromatic N) is 5. The molecule has 0 saturated heterocycles. The number of nitrogens with one attached hydrogen (secondary N) is 1. The highest BCUT2D eigenvalue weighted by molar-refractivity contribution is 7.09. The van der Waals surface area contributed by atoms with E-state index >= 15 is 0 Å². The van der Waals surface area contributed by atoms with Gasteiger partial charge in [0.25, 0.3) is 5.91 Å². The number of rotatable bonds is 7. The lowest BCUT2D eigenvalue weighted by Gasteiger charge is -2.09. The zero-order valence-corrected chi connectivity index (χ0v) is 20.0. The number of aryl methyl sites for hydroxylation is 1. The number of thiophene rings is 1. The lowest BCUT2D eigenvalue weighted by Crippen LogP contribution is -2.13. The number of hydrogen-bond acceptors (Lipinski definition) is 7. The maximum Gasteiger partial charge on any atom is 0.358 e. The van der Waals surface area contributed by atoms with E-state index in [1.54, 1.807) is 59.6 Å². The molecule has 0 atom stereocenters. The second-order valence-corrected chi connectivity index (χ2v) is 8.83. The molecule has 0 fully saturated rings. The zero-order chi connectivity index (χ0) is 24.4. The molecule has 1 aromatic carbocycles. The summed E-state index contributed by atoms with van der Waals surface area (Å²) in [6, 6.07) is 14.6. The molecular weight excluding hydrogens is 464 g/mol. The molecule has 5 rings (SSSR count). The van der Waals surface area contributed by atoms with E-state index in [0.29, 0.717) is 35.4 Å². The fourth-order valence-electron chi connectivity index (χ4n) is 3.70. The van der Waals surface area contributed by atoms with E-state index in [4.69, 9.17) is 4.74 Å². The van der Waals surface area contributed by atoms with Crippen LogP contribution < -0.4 is 5.32 Å². The molecule has 1 N–H and O–H groups in total. The Bertz CT molecular complexity index is 1500. The third-order valence-electron chi connectivity index (χ3n) is 5.33. The van der Waals surface area contributed by atoms with Crippen LogP contribution in [0.5, 0.6) is 0 Å². The largest absolute Gasteiger partial charge is 0.461 e. The highest BCUT2D eigenvalue weighted by atomic mass is 32.1. The van der Waals surface area contributed by atoms with Crippen molar-refractivity contribution in [2.45, 2.75) is 20.4 Å². The summed E-state index contributed by atoms with van der Waals surface area (Å²) in [6.45, 7) is 4.50. The first-order valence-corrected chi connectivity index (χ1v) is 11.9. The third-order valence-corrected chi connectivity index (χ3v) is 6.19. The van der Waals surface area contributed by atoms with Gasteiger partial charge < -0.3 is 10.1 Å². The van der Waals surface area contributed by atoms with Gasteiger partial charge in [0.05, 0.1) is 36.0 Å². The molecule has 9 nitrogen and oxygen atoms in total. The molecule has 0 radical (unpaired) electrons. The van der Waals surface area contributed by atoms with Gasteiger partial charge in [0.2, 0.25) is 0 Å². The molecule has 1 amide bonds. The Morgan fingerprint density at radius 1 is 1.14 bits per heavy atom. The van der Waals surface area contributed by atoms with Crippen molar-refractivity contribution >= 4 is 39.9 Å². The van der Waals surface area contributed by atoms with Gasteiger partial charge in [0.1, 0.15) is 0 Å². The van der Waals surface area contributed by atoms with Crippen LogP contribution in [0.4, 0.5) is 5.69 Å². The van der Waals surface area contributed by atoms with Crippen LogP contribution in [-0.2, 0) is 11.3 Å². The van der Waals surface area contributed by atoms with Crippen molar-refractivity contribution in [3.05, 3.63) is 88.1 Å². The number of pyridine rings is 1. The lowest BCUT2D eigenvalue weighted by atomic mass is 10.1. The Labute approximate surface area is 205 Å². The Morgan fingerprint density at radius 2 is 1.97 bits per heavy atom. The summed E-state index contributed by atoms with van der Waals surface area (Å²) in [5.41, 5.74) is 3.54. The number of hydrogen-bond donors (Lipinski definition) is 1. The minimum absolute atomic E-state index is 0.237. The first kappa shape index (κ1) is 22.5. The monoisotopic (exact) mass is 486 g/mol. The van der Waals surface area contributed by atoms with Crippen LogP contribution in [0.1, 0.15) is 38.3 Å². The van der Waals surface area contributed by atoms with Crippen molar-refractivity contribution in [2.75, 3.05) is 11.9 Å². The first-order valence-electron chi connectivity index (χ1n) is 11.0. The zero-order valence-electron chi connectivity index (χ0n) is 19.1. The summed E-state index contributed by atoms with van der Waals surface area (Å²) >= 11 is 1.65. The van der Waals surface area contributed by atoms with Gasteiger partial charge in [-0.15, -0.1) is 11.3 Å². The third kappa shape index (κ3) is 4.69. The Morgan fingerprint density at radius 3 is 2.71 bits per heavy atom. The SMILES string of the molecule is CCOC(=O)c1ccn(-c2ccc(NC(=O)c3cc(C)nc4c3cnn4Cc3cccs3)cc2)n1. The number of aromatic nitrogens is 5. The van der Waals surface area contributed by atoms with Crippen LogP contribution in [-0.4, -0.2) is 43.0 Å². The molecule has 176 valence electrons. The van der Waals surface area contributed by atoms with E-state index in [2.05, 4.69) is 20.5 Å². The molecule has 5 aromatic rings. The quantitative estimate of drug-likeness (QED) is 0.341. The highest BCUT2D eigenvalue weighted by Gasteiger charge is 2.17. The molecule has 4 heterocycles. The average Bonchev–Trinajstić information content (AvgIpc) is 3.61. The summed E-state index contributed by atoms with van der Waals surface area (Å²) in [4.78, 5) is 30.8. The van der Waals surface area contributed by atoms with Crippen LogP contribution in [0.15, 0.2) is 66.3 Å². The van der Waals surface area contributed by atoms with Gasteiger partial charge in [-0.1, -0.05) is 6.07 Å². The summed E-state index contributed by atoms with van der Waals surface area (Å²) in [6.07, 6.45) is 3.37. The standard InChI is InChI=1S/C25H22N6O3S/c1-3-34-25(33)22-10-11-30(29-22)18-8-6-17(7-9-18)28-24(32)20-13-16(2)27-23-21(20)14-26-31(23)15-19-5-4-12-35-19/h4-14H,3,15H2,1-2H3,(H,28,32). The number of anilines is 1. The van der Waals surface area contributed by atoms with Crippen molar-refractivity contribution in [2.24, 2.45) is 0 Å². The predicted molar refractivity (Wildman–Crippen MR) is 133 cm³/mol. The molecule has 0 aliphatic rings. The summed E-state index contributed by atoms with van der Waals surface area (Å²) in [5, 5.41) is 14.4. The molecular formula is C25H22N6O3S. The van der Waals surface area contributed by atoms with Gasteiger partial charge >= 0.3 is 5.97 Å². The maximum atomic E-state index is 13.2. The van der Waals surface area contributed by atoms with Gasteiger partial charge in [0, 0.05) is 22.5 Å². The Kier molecular flexibility index (Phi) is 6.11. The van der Waals surface area contributed by atoms with E-state index < -0.39 is 5.97 Å². The van der Waals surface area contributed by atoms with Crippen molar-refractivity contribution < 1.29 is 14.3 Å². The first-order chi connectivity index (χ1) is 17.0. The Hall–Kier alpha value is -4.31. The number of esters is 1. The fourth-order valence-corrected chi connectivity index (χ4v) is 4.39. The minimum atomic E-state index is -0.465. The molecule has 10 heteroatoms. The smallest absolute Gasteiger partial charge is 0.358 e. The van der Waals surface area contributed by atoms with Crippen LogP contribution in [0.2, 0.25) is 0 Å². The van der Waals surface area contributed by atoms with Crippen LogP contribution in [0.3, 0.4) is 0 Å². The second kappa shape index (κ2) is 9.51. The van der Waals surface area contributed by atoms with E-state index in [-0.39, 0.29) is 11.6 Å². The van der Waals surface area contributed by atoms with Gasteiger partial charge in [-0.3, -0.25) is 4.79 Å². The second-order valence-electron chi connectivity index (χ2n) is 7.80. The van der Waals surface area contributed by atoms with Crippen molar-refractivity contribution in [1.82, 2.24) is 24.5 Å². The number of fused-ring (bicyclic) bond motifs is 1. The van der Waals surface area contributed by atoms with E-state index in [0.717, 1.165) is 16.3 Å². The fraction of sp³-hybridized carbons (Fsp3) is 0.160. The van der Waals surface area contributed by atoms with Crippen molar-refractivity contribution in [3.63, 3.8) is 0 Å².